The molecule has 3 heteroatoms. The van der Waals surface area contributed by atoms with Gasteiger partial charge < -0.3 is 15.5 Å². The van der Waals surface area contributed by atoms with Crippen molar-refractivity contribution < 1.29 is 0 Å². The lowest BCUT2D eigenvalue weighted by Gasteiger charge is -2.55. The Bertz CT molecular complexity index is 501. The minimum atomic E-state index is 0.143. The van der Waals surface area contributed by atoms with Crippen LogP contribution in [0.4, 0.5) is 11.4 Å². The highest BCUT2D eigenvalue weighted by Crippen LogP contribution is 2.45. The molecule has 3 nitrogen and oxygen atoms in total. The van der Waals surface area contributed by atoms with Gasteiger partial charge in [-0.2, -0.15) is 0 Å². The number of fused-ring (bicyclic) bond motifs is 1. The number of hydrogen-bond acceptors (Lipinski definition) is 3. The third-order valence-corrected chi connectivity index (χ3v) is 5.88. The van der Waals surface area contributed by atoms with E-state index >= 15 is 0 Å². The monoisotopic (exact) mass is 287 g/mol. The van der Waals surface area contributed by atoms with Crippen molar-refractivity contribution in [3.63, 3.8) is 0 Å². The highest BCUT2D eigenvalue weighted by atomic mass is 15.3. The molecule has 2 N–H and O–H groups in total. The Labute approximate surface area is 129 Å². The Morgan fingerprint density at radius 2 is 1.90 bits per heavy atom. The Balaban J connectivity index is 2.00. The van der Waals surface area contributed by atoms with Crippen molar-refractivity contribution in [3.8, 4) is 0 Å². The number of rotatable bonds is 2. The molecule has 0 saturated heterocycles. The Morgan fingerprint density at radius 3 is 2.57 bits per heavy atom. The molecule has 1 heterocycles. The molecular formula is C18H29N3. The van der Waals surface area contributed by atoms with Crippen molar-refractivity contribution in [1.82, 2.24) is 0 Å². The fraction of sp³-hybridized carbons (Fsp3) is 0.667. The van der Waals surface area contributed by atoms with Crippen molar-refractivity contribution in [2.24, 2.45) is 17.6 Å². The molecule has 3 unspecified atom stereocenters. The molecule has 3 rings (SSSR count). The van der Waals surface area contributed by atoms with Gasteiger partial charge >= 0.3 is 0 Å². The van der Waals surface area contributed by atoms with E-state index in [0.29, 0.717) is 5.92 Å². The standard InChI is InChI=1S/C18H29N3/c1-14-8-9-18(13-19,15(2)12-14)21-11-10-20(3)16-6-4-5-7-17(16)21/h4-7,14-15H,8-13,19H2,1-3H3. The third-order valence-electron chi connectivity index (χ3n) is 5.88. The summed E-state index contributed by atoms with van der Waals surface area (Å²) in [5.41, 5.74) is 9.21. The van der Waals surface area contributed by atoms with Crippen LogP contribution in [0, 0.1) is 11.8 Å². The second kappa shape index (κ2) is 5.53. The predicted octanol–water partition coefficient (Wildman–Crippen LogP) is 3.10. The van der Waals surface area contributed by atoms with E-state index in [1.165, 1.54) is 30.6 Å². The number of anilines is 2. The van der Waals surface area contributed by atoms with Gasteiger partial charge in [0.1, 0.15) is 0 Å². The van der Waals surface area contributed by atoms with Crippen molar-refractivity contribution in [3.05, 3.63) is 24.3 Å². The van der Waals surface area contributed by atoms with E-state index in [9.17, 15) is 0 Å². The van der Waals surface area contributed by atoms with Crippen molar-refractivity contribution in [2.75, 3.05) is 36.5 Å². The molecule has 3 atom stereocenters. The molecule has 1 aliphatic carbocycles. The molecule has 0 amide bonds. The van der Waals surface area contributed by atoms with Crippen LogP contribution in [-0.4, -0.2) is 32.2 Å². The van der Waals surface area contributed by atoms with Crippen LogP contribution in [0.2, 0.25) is 0 Å². The number of nitrogens with zero attached hydrogens (tertiary/aromatic N) is 2. The summed E-state index contributed by atoms with van der Waals surface area (Å²) < 4.78 is 0. The van der Waals surface area contributed by atoms with Gasteiger partial charge in [-0.25, -0.2) is 0 Å². The molecule has 1 fully saturated rings. The van der Waals surface area contributed by atoms with E-state index in [1.807, 2.05) is 0 Å². The zero-order valence-electron chi connectivity index (χ0n) is 13.7. The molecule has 116 valence electrons. The Kier molecular flexibility index (Phi) is 3.87. The second-order valence-corrected chi connectivity index (χ2v) is 7.15. The van der Waals surface area contributed by atoms with Crippen LogP contribution < -0.4 is 15.5 Å². The summed E-state index contributed by atoms with van der Waals surface area (Å²) in [5.74, 6) is 1.49. The number of hydrogen-bond donors (Lipinski definition) is 1. The predicted molar refractivity (Wildman–Crippen MR) is 91.0 cm³/mol. The zero-order chi connectivity index (χ0) is 15.0. The Morgan fingerprint density at radius 1 is 1.19 bits per heavy atom. The summed E-state index contributed by atoms with van der Waals surface area (Å²) in [5, 5.41) is 0. The van der Waals surface area contributed by atoms with E-state index < -0.39 is 0 Å². The summed E-state index contributed by atoms with van der Waals surface area (Å²) >= 11 is 0. The number of para-hydroxylation sites is 2. The largest absolute Gasteiger partial charge is 0.371 e. The fourth-order valence-electron chi connectivity index (χ4n) is 4.47. The normalized spacial score (nSPS) is 33.0. The maximum Gasteiger partial charge on any atom is 0.0609 e. The van der Waals surface area contributed by atoms with Crippen molar-refractivity contribution in [2.45, 2.75) is 38.6 Å². The maximum atomic E-state index is 6.34. The SMILES string of the molecule is CC1CCC(CN)(N2CCN(C)c3ccccc32)C(C)C1. The summed E-state index contributed by atoms with van der Waals surface area (Å²) in [6, 6.07) is 8.81. The lowest BCUT2D eigenvalue weighted by molar-refractivity contribution is 0.158. The highest BCUT2D eigenvalue weighted by molar-refractivity contribution is 5.74. The molecule has 1 saturated carbocycles. The van der Waals surface area contributed by atoms with Crippen LogP contribution in [0.3, 0.4) is 0 Å². The fourth-order valence-corrected chi connectivity index (χ4v) is 4.47. The lowest BCUT2D eigenvalue weighted by atomic mass is 9.68. The van der Waals surface area contributed by atoms with E-state index in [2.05, 4.69) is 55.0 Å². The highest BCUT2D eigenvalue weighted by Gasteiger charge is 2.45. The number of benzene rings is 1. The average molecular weight is 287 g/mol. The first-order chi connectivity index (χ1) is 10.1. The summed E-state index contributed by atoms with van der Waals surface area (Å²) in [6.45, 7) is 7.72. The van der Waals surface area contributed by atoms with Crippen LogP contribution in [0.15, 0.2) is 24.3 Å². The first-order valence-electron chi connectivity index (χ1n) is 8.36. The zero-order valence-corrected chi connectivity index (χ0v) is 13.7. The molecule has 0 spiro atoms. The third kappa shape index (κ3) is 2.32. The number of nitrogens with two attached hydrogens (primary N) is 1. The minimum absolute atomic E-state index is 0.143. The van der Waals surface area contributed by atoms with E-state index in [1.54, 1.807) is 0 Å². The van der Waals surface area contributed by atoms with E-state index in [4.69, 9.17) is 5.73 Å². The smallest absolute Gasteiger partial charge is 0.0609 e. The van der Waals surface area contributed by atoms with Gasteiger partial charge in [0.25, 0.3) is 0 Å². The van der Waals surface area contributed by atoms with Crippen molar-refractivity contribution >= 4 is 11.4 Å². The minimum Gasteiger partial charge on any atom is -0.371 e. The van der Waals surface area contributed by atoms with Gasteiger partial charge in [0.05, 0.1) is 16.9 Å². The van der Waals surface area contributed by atoms with E-state index in [-0.39, 0.29) is 5.54 Å². The van der Waals surface area contributed by atoms with Gasteiger partial charge in [0.15, 0.2) is 0 Å². The topological polar surface area (TPSA) is 32.5 Å². The molecule has 1 aromatic carbocycles. The molecule has 0 bridgehead atoms. The summed E-state index contributed by atoms with van der Waals surface area (Å²) in [7, 11) is 2.19. The lowest BCUT2D eigenvalue weighted by Crippen LogP contribution is -2.63. The van der Waals surface area contributed by atoms with Gasteiger partial charge in [-0.05, 0) is 43.2 Å². The van der Waals surface area contributed by atoms with Gasteiger partial charge in [0.2, 0.25) is 0 Å². The molecule has 1 aromatic rings. The second-order valence-electron chi connectivity index (χ2n) is 7.15. The number of likely N-dealkylation sites (N-methyl/N-ethyl adjacent to an activating group) is 1. The first kappa shape index (κ1) is 14.7. The molecule has 21 heavy (non-hydrogen) atoms. The van der Waals surface area contributed by atoms with E-state index in [0.717, 1.165) is 25.6 Å². The molecule has 2 aliphatic rings. The van der Waals surface area contributed by atoms with Gasteiger partial charge in [-0.1, -0.05) is 26.0 Å². The van der Waals surface area contributed by atoms with Crippen LogP contribution >= 0.6 is 0 Å². The molecule has 0 aromatic heterocycles. The summed E-state index contributed by atoms with van der Waals surface area (Å²) in [4.78, 5) is 5.01. The van der Waals surface area contributed by atoms with Crippen LogP contribution in [0.1, 0.15) is 33.1 Å². The van der Waals surface area contributed by atoms with Crippen LogP contribution in [0.5, 0.6) is 0 Å². The molecule has 1 aliphatic heterocycles. The van der Waals surface area contributed by atoms with Gasteiger partial charge in [-0.15, -0.1) is 0 Å². The van der Waals surface area contributed by atoms with Crippen LogP contribution in [-0.2, 0) is 0 Å². The van der Waals surface area contributed by atoms with Gasteiger partial charge in [-0.3, -0.25) is 0 Å². The maximum absolute atomic E-state index is 6.34. The van der Waals surface area contributed by atoms with Crippen molar-refractivity contribution in [1.29, 1.82) is 0 Å². The summed E-state index contributed by atoms with van der Waals surface area (Å²) in [6.07, 6.45) is 3.83. The Hall–Kier alpha value is -1.22. The average Bonchev–Trinajstić information content (AvgIpc) is 2.49. The molecular weight excluding hydrogens is 258 g/mol. The van der Waals surface area contributed by atoms with Gasteiger partial charge in [0, 0.05) is 26.7 Å². The van der Waals surface area contributed by atoms with Crippen LogP contribution in [0.25, 0.3) is 0 Å². The first-order valence-corrected chi connectivity index (χ1v) is 8.36. The quantitative estimate of drug-likeness (QED) is 0.907. The molecule has 0 radical (unpaired) electrons.